The van der Waals surface area contributed by atoms with Crippen LogP contribution in [0.5, 0.6) is 17.2 Å². The highest BCUT2D eigenvalue weighted by Crippen LogP contribution is 2.34. The molecular formula is C24H34N4O3. The van der Waals surface area contributed by atoms with E-state index in [-0.39, 0.29) is 0 Å². The summed E-state index contributed by atoms with van der Waals surface area (Å²) in [4.78, 5) is 7.21. The molecule has 168 valence electrons. The minimum atomic E-state index is 0.364. The average Bonchev–Trinajstić information content (AvgIpc) is 3.28. The van der Waals surface area contributed by atoms with Crippen molar-refractivity contribution in [2.45, 2.75) is 25.8 Å². The van der Waals surface area contributed by atoms with E-state index in [1.807, 2.05) is 12.1 Å². The smallest absolute Gasteiger partial charge is 0.191 e. The van der Waals surface area contributed by atoms with Crippen LogP contribution in [0.3, 0.4) is 0 Å². The molecule has 1 aliphatic rings. The highest BCUT2D eigenvalue weighted by molar-refractivity contribution is 5.80. The fourth-order valence-electron chi connectivity index (χ4n) is 3.87. The summed E-state index contributed by atoms with van der Waals surface area (Å²) in [5, 5.41) is 6.96. The predicted molar refractivity (Wildman–Crippen MR) is 126 cm³/mol. The van der Waals surface area contributed by atoms with E-state index in [0.717, 1.165) is 49.1 Å². The maximum atomic E-state index is 5.55. The fraction of sp³-hybridized carbons (Fsp3) is 0.458. The molecule has 31 heavy (non-hydrogen) atoms. The number of hydrogen-bond acceptors (Lipinski definition) is 5. The summed E-state index contributed by atoms with van der Waals surface area (Å²) >= 11 is 0. The molecule has 0 spiro atoms. The highest BCUT2D eigenvalue weighted by atomic mass is 16.5. The third-order valence-corrected chi connectivity index (χ3v) is 5.44. The minimum Gasteiger partial charge on any atom is -0.496 e. The van der Waals surface area contributed by atoms with Gasteiger partial charge < -0.3 is 29.7 Å². The molecule has 0 amide bonds. The summed E-state index contributed by atoms with van der Waals surface area (Å²) in [5.74, 6) is 3.05. The van der Waals surface area contributed by atoms with Gasteiger partial charge in [-0.15, -0.1) is 0 Å². The first-order chi connectivity index (χ1) is 15.2. The summed E-state index contributed by atoms with van der Waals surface area (Å²) in [5.41, 5.74) is 2.26. The van der Waals surface area contributed by atoms with Crippen molar-refractivity contribution in [1.29, 1.82) is 0 Å². The Morgan fingerprint density at radius 3 is 2.39 bits per heavy atom. The van der Waals surface area contributed by atoms with E-state index >= 15 is 0 Å². The van der Waals surface area contributed by atoms with Gasteiger partial charge in [-0.3, -0.25) is 4.99 Å². The number of para-hydroxylation sites is 1. The van der Waals surface area contributed by atoms with Crippen molar-refractivity contribution >= 4 is 11.6 Å². The lowest BCUT2D eigenvalue weighted by atomic mass is 10.1. The molecular weight excluding hydrogens is 392 g/mol. The molecule has 1 aliphatic heterocycles. The van der Waals surface area contributed by atoms with E-state index in [4.69, 9.17) is 19.2 Å². The van der Waals surface area contributed by atoms with E-state index in [0.29, 0.717) is 24.8 Å². The van der Waals surface area contributed by atoms with Crippen LogP contribution in [0.4, 0.5) is 5.69 Å². The predicted octanol–water partition coefficient (Wildman–Crippen LogP) is 3.09. The van der Waals surface area contributed by atoms with Gasteiger partial charge in [0.2, 0.25) is 0 Å². The molecule has 0 bridgehead atoms. The molecule has 3 rings (SSSR count). The van der Waals surface area contributed by atoms with Gasteiger partial charge in [0, 0.05) is 55.6 Å². The molecule has 0 saturated carbocycles. The Bertz CT molecular complexity index is 832. The van der Waals surface area contributed by atoms with Crippen molar-refractivity contribution in [3.63, 3.8) is 0 Å². The summed E-state index contributed by atoms with van der Waals surface area (Å²) < 4.78 is 16.4. The number of methoxy groups -OCH3 is 3. The lowest BCUT2D eigenvalue weighted by Gasteiger charge is -2.20. The Hall–Kier alpha value is -3.09. The van der Waals surface area contributed by atoms with Crippen molar-refractivity contribution < 1.29 is 14.2 Å². The zero-order valence-corrected chi connectivity index (χ0v) is 19.0. The van der Waals surface area contributed by atoms with Gasteiger partial charge in [0.1, 0.15) is 17.2 Å². The standard InChI is InChI=1S/C24H34N4O3/c1-5-25-24(27-18-12-14-28(17-18)19-9-7-6-8-10-19)26-13-11-21-22(30-3)15-20(29-2)16-23(21)31-4/h6-10,15-16,18H,5,11-14,17H2,1-4H3,(H2,25,26,27). The van der Waals surface area contributed by atoms with Crippen molar-refractivity contribution in [1.82, 2.24) is 10.6 Å². The van der Waals surface area contributed by atoms with Gasteiger partial charge in [-0.2, -0.15) is 0 Å². The number of ether oxygens (including phenoxy) is 3. The van der Waals surface area contributed by atoms with Crippen molar-refractivity contribution in [3.05, 3.63) is 48.0 Å². The van der Waals surface area contributed by atoms with Crippen molar-refractivity contribution in [3.8, 4) is 17.2 Å². The number of hydrogen-bond donors (Lipinski definition) is 2. The average molecular weight is 427 g/mol. The molecule has 1 unspecified atom stereocenters. The van der Waals surface area contributed by atoms with Gasteiger partial charge >= 0.3 is 0 Å². The first-order valence-corrected chi connectivity index (χ1v) is 10.8. The molecule has 1 fully saturated rings. The SMILES string of the molecule is CCNC(=NCCc1c(OC)cc(OC)cc1OC)NC1CCN(c2ccccc2)C1. The van der Waals surface area contributed by atoms with Gasteiger partial charge in [-0.25, -0.2) is 0 Å². The number of benzene rings is 2. The van der Waals surface area contributed by atoms with Crippen LogP contribution in [-0.2, 0) is 6.42 Å². The lowest BCUT2D eigenvalue weighted by molar-refractivity contribution is 0.369. The molecule has 2 aromatic rings. The molecule has 0 aromatic heterocycles. The van der Waals surface area contributed by atoms with E-state index < -0.39 is 0 Å². The van der Waals surface area contributed by atoms with Crippen LogP contribution in [-0.4, -0.2) is 59.5 Å². The first-order valence-electron chi connectivity index (χ1n) is 10.8. The monoisotopic (exact) mass is 426 g/mol. The second-order valence-corrected chi connectivity index (χ2v) is 7.43. The molecule has 7 heteroatoms. The van der Waals surface area contributed by atoms with Crippen LogP contribution < -0.4 is 29.7 Å². The number of guanidine groups is 1. The maximum absolute atomic E-state index is 5.55. The number of anilines is 1. The molecule has 1 heterocycles. The zero-order chi connectivity index (χ0) is 22.1. The Morgan fingerprint density at radius 2 is 1.77 bits per heavy atom. The van der Waals surface area contributed by atoms with Crippen LogP contribution in [0.25, 0.3) is 0 Å². The van der Waals surface area contributed by atoms with Crippen LogP contribution in [0.1, 0.15) is 18.9 Å². The minimum absolute atomic E-state index is 0.364. The normalized spacial score (nSPS) is 16.2. The Labute approximate surface area is 185 Å². The second kappa shape index (κ2) is 11.3. The quantitative estimate of drug-likeness (QED) is 0.475. The Kier molecular flexibility index (Phi) is 8.27. The number of nitrogens with one attached hydrogen (secondary N) is 2. The molecule has 2 N–H and O–H groups in total. The first kappa shape index (κ1) is 22.6. The van der Waals surface area contributed by atoms with Crippen LogP contribution >= 0.6 is 0 Å². The lowest BCUT2D eigenvalue weighted by Crippen LogP contribution is -2.44. The zero-order valence-electron chi connectivity index (χ0n) is 19.0. The summed E-state index contributed by atoms with van der Waals surface area (Å²) in [6, 6.07) is 14.7. The van der Waals surface area contributed by atoms with E-state index in [9.17, 15) is 0 Å². The summed E-state index contributed by atoms with van der Waals surface area (Å²) in [6.07, 6.45) is 1.78. The maximum Gasteiger partial charge on any atom is 0.191 e. The topological polar surface area (TPSA) is 67.4 Å². The molecule has 7 nitrogen and oxygen atoms in total. The Balaban J connectivity index is 1.63. The van der Waals surface area contributed by atoms with Gasteiger partial charge in [0.05, 0.1) is 21.3 Å². The largest absolute Gasteiger partial charge is 0.496 e. The van der Waals surface area contributed by atoms with Gasteiger partial charge in [-0.05, 0) is 31.9 Å². The van der Waals surface area contributed by atoms with Crippen molar-refractivity contribution in [2.75, 3.05) is 52.4 Å². The van der Waals surface area contributed by atoms with Crippen LogP contribution in [0, 0.1) is 0 Å². The molecule has 0 aliphatic carbocycles. The van der Waals surface area contributed by atoms with Gasteiger partial charge in [-0.1, -0.05) is 18.2 Å². The van der Waals surface area contributed by atoms with E-state index in [1.54, 1.807) is 21.3 Å². The van der Waals surface area contributed by atoms with Crippen molar-refractivity contribution in [2.24, 2.45) is 4.99 Å². The number of rotatable bonds is 9. The number of nitrogens with zero attached hydrogens (tertiary/aromatic N) is 2. The molecule has 1 atom stereocenters. The Morgan fingerprint density at radius 1 is 1.06 bits per heavy atom. The summed E-state index contributed by atoms with van der Waals surface area (Å²) in [6.45, 7) is 5.52. The van der Waals surface area contributed by atoms with Crippen LogP contribution in [0.15, 0.2) is 47.5 Å². The van der Waals surface area contributed by atoms with E-state index in [1.165, 1.54) is 5.69 Å². The third kappa shape index (κ3) is 5.96. The van der Waals surface area contributed by atoms with Crippen LogP contribution in [0.2, 0.25) is 0 Å². The highest BCUT2D eigenvalue weighted by Gasteiger charge is 2.23. The number of aliphatic imine (C=N–C) groups is 1. The van der Waals surface area contributed by atoms with Gasteiger partial charge in [0.25, 0.3) is 0 Å². The molecule has 1 saturated heterocycles. The molecule has 0 radical (unpaired) electrons. The second-order valence-electron chi connectivity index (χ2n) is 7.43. The van der Waals surface area contributed by atoms with Gasteiger partial charge in [0.15, 0.2) is 5.96 Å². The summed E-state index contributed by atoms with van der Waals surface area (Å²) in [7, 11) is 4.95. The molecule has 2 aromatic carbocycles. The fourth-order valence-corrected chi connectivity index (χ4v) is 3.87. The third-order valence-electron chi connectivity index (χ3n) is 5.44. The van der Waals surface area contributed by atoms with E-state index in [2.05, 4.69) is 52.8 Å².